The van der Waals surface area contributed by atoms with Gasteiger partial charge in [0.05, 0.1) is 10.4 Å². The van der Waals surface area contributed by atoms with E-state index in [1.165, 1.54) is 6.07 Å². The average molecular weight is 413 g/mol. The van der Waals surface area contributed by atoms with E-state index in [1.807, 2.05) is 0 Å². The van der Waals surface area contributed by atoms with Crippen LogP contribution in [0.15, 0.2) is 53.9 Å². The first-order chi connectivity index (χ1) is 13.2. The molecule has 28 heavy (non-hydrogen) atoms. The standard InChI is InChI=1S/C19H12F5NO2S/c20-13-3-6-16(15(21)8-13)27-9-11-7-17(28-10-11)18(26)25-14-4-1-12(2-5-14)19(22,23)24/h1-8,10H,9H2,(H,25,26). The number of carbonyl (C=O) groups is 1. The van der Waals surface area contributed by atoms with Gasteiger partial charge >= 0.3 is 6.18 Å². The summed E-state index contributed by atoms with van der Waals surface area (Å²) in [5.74, 6) is -2.18. The molecule has 0 radical (unpaired) electrons. The Labute approximate surface area is 160 Å². The van der Waals surface area contributed by atoms with Crippen molar-refractivity contribution in [2.75, 3.05) is 5.32 Å². The number of halogens is 5. The van der Waals surface area contributed by atoms with Crippen molar-refractivity contribution in [3.8, 4) is 5.75 Å². The maximum absolute atomic E-state index is 13.5. The largest absolute Gasteiger partial charge is 0.486 e. The molecule has 1 heterocycles. The van der Waals surface area contributed by atoms with E-state index < -0.39 is 29.3 Å². The monoisotopic (exact) mass is 413 g/mol. The summed E-state index contributed by atoms with van der Waals surface area (Å²) in [5, 5.41) is 4.13. The molecule has 1 aromatic heterocycles. The molecule has 0 spiro atoms. The fraction of sp³-hybridized carbons (Fsp3) is 0.105. The van der Waals surface area contributed by atoms with Crippen LogP contribution in [0.5, 0.6) is 5.75 Å². The topological polar surface area (TPSA) is 38.3 Å². The molecule has 0 aliphatic heterocycles. The minimum Gasteiger partial charge on any atom is -0.486 e. The Morgan fingerprint density at radius 1 is 1.04 bits per heavy atom. The van der Waals surface area contributed by atoms with Crippen LogP contribution in [-0.2, 0) is 12.8 Å². The van der Waals surface area contributed by atoms with Gasteiger partial charge in [0, 0.05) is 17.3 Å². The molecule has 3 rings (SSSR count). The minimum absolute atomic E-state index is 0.0351. The highest BCUT2D eigenvalue weighted by molar-refractivity contribution is 7.12. The van der Waals surface area contributed by atoms with Gasteiger partial charge < -0.3 is 10.1 Å². The third-order valence-corrected chi connectivity index (χ3v) is 4.61. The van der Waals surface area contributed by atoms with Crippen LogP contribution in [0.2, 0.25) is 0 Å². The fourth-order valence-electron chi connectivity index (χ4n) is 2.26. The second-order valence-corrected chi connectivity index (χ2v) is 6.62. The lowest BCUT2D eigenvalue weighted by Crippen LogP contribution is -2.11. The van der Waals surface area contributed by atoms with Crippen molar-refractivity contribution >= 4 is 22.9 Å². The highest BCUT2D eigenvalue weighted by atomic mass is 32.1. The van der Waals surface area contributed by atoms with E-state index in [0.29, 0.717) is 16.5 Å². The van der Waals surface area contributed by atoms with E-state index >= 15 is 0 Å². The molecule has 0 saturated carbocycles. The predicted molar refractivity (Wildman–Crippen MR) is 94.4 cm³/mol. The number of hydrogen-bond donors (Lipinski definition) is 1. The van der Waals surface area contributed by atoms with E-state index in [4.69, 9.17) is 4.74 Å². The first-order valence-electron chi connectivity index (χ1n) is 7.86. The van der Waals surface area contributed by atoms with Gasteiger partial charge in [0.15, 0.2) is 11.6 Å². The highest BCUT2D eigenvalue weighted by Crippen LogP contribution is 2.30. The molecule has 0 aliphatic rings. The molecule has 1 amide bonds. The number of hydrogen-bond acceptors (Lipinski definition) is 3. The summed E-state index contributed by atoms with van der Waals surface area (Å²) in [6.07, 6.45) is -4.45. The number of ether oxygens (including phenoxy) is 1. The normalized spacial score (nSPS) is 11.3. The van der Waals surface area contributed by atoms with Crippen LogP contribution in [-0.4, -0.2) is 5.91 Å². The Hall–Kier alpha value is -2.94. The van der Waals surface area contributed by atoms with E-state index in [2.05, 4.69) is 5.32 Å². The molecule has 146 valence electrons. The van der Waals surface area contributed by atoms with Gasteiger partial charge in [-0.1, -0.05) is 0 Å². The van der Waals surface area contributed by atoms with Crippen molar-refractivity contribution in [1.82, 2.24) is 0 Å². The van der Waals surface area contributed by atoms with E-state index in [1.54, 1.807) is 5.38 Å². The number of carbonyl (C=O) groups excluding carboxylic acids is 1. The summed E-state index contributed by atoms with van der Waals surface area (Å²) < 4.78 is 69.3. The Morgan fingerprint density at radius 2 is 1.75 bits per heavy atom. The van der Waals surface area contributed by atoms with E-state index in [-0.39, 0.29) is 18.0 Å². The lowest BCUT2D eigenvalue weighted by atomic mass is 10.2. The molecule has 3 aromatic rings. The van der Waals surface area contributed by atoms with Gasteiger partial charge in [0.1, 0.15) is 12.4 Å². The molecule has 0 aliphatic carbocycles. The van der Waals surface area contributed by atoms with Gasteiger partial charge in [0.25, 0.3) is 5.91 Å². The molecule has 0 unspecified atom stereocenters. The maximum Gasteiger partial charge on any atom is 0.416 e. The average Bonchev–Trinajstić information content (AvgIpc) is 3.10. The van der Waals surface area contributed by atoms with Crippen LogP contribution in [0.25, 0.3) is 0 Å². The Morgan fingerprint density at radius 3 is 2.39 bits per heavy atom. The summed E-state index contributed by atoms with van der Waals surface area (Å²) in [4.78, 5) is 12.5. The van der Waals surface area contributed by atoms with Crippen LogP contribution in [0.1, 0.15) is 20.8 Å². The quantitative estimate of drug-likeness (QED) is 0.531. The maximum atomic E-state index is 13.5. The van der Waals surface area contributed by atoms with Gasteiger partial charge in [-0.05, 0) is 47.8 Å². The molecule has 0 atom stereocenters. The zero-order valence-electron chi connectivity index (χ0n) is 14.0. The Bertz CT molecular complexity index is 983. The van der Waals surface area contributed by atoms with E-state index in [0.717, 1.165) is 47.7 Å². The molecule has 0 fully saturated rings. The summed E-state index contributed by atoms with van der Waals surface area (Å²) in [6.45, 7) is -0.0351. The number of rotatable bonds is 5. The molecular formula is C19H12F5NO2S. The third-order valence-electron chi connectivity index (χ3n) is 3.64. The van der Waals surface area contributed by atoms with Gasteiger partial charge in [-0.3, -0.25) is 4.79 Å². The number of alkyl halides is 3. The first kappa shape index (κ1) is 19.8. The zero-order chi connectivity index (χ0) is 20.3. The SMILES string of the molecule is O=C(Nc1ccc(C(F)(F)F)cc1)c1cc(COc2ccc(F)cc2F)cs1. The van der Waals surface area contributed by atoms with Gasteiger partial charge in [-0.15, -0.1) is 11.3 Å². The van der Waals surface area contributed by atoms with Crippen molar-refractivity contribution < 1.29 is 31.5 Å². The van der Waals surface area contributed by atoms with Gasteiger partial charge in [-0.2, -0.15) is 13.2 Å². The minimum atomic E-state index is -4.45. The van der Waals surface area contributed by atoms with Crippen LogP contribution in [0.4, 0.5) is 27.6 Å². The van der Waals surface area contributed by atoms with Crippen molar-refractivity contribution in [1.29, 1.82) is 0 Å². The van der Waals surface area contributed by atoms with Crippen LogP contribution >= 0.6 is 11.3 Å². The molecule has 0 bridgehead atoms. The number of thiophene rings is 1. The predicted octanol–water partition coefficient (Wildman–Crippen LogP) is 5.88. The number of amides is 1. The number of nitrogens with one attached hydrogen (secondary N) is 1. The summed E-state index contributed by atoms with van der Waals surface area (Å²) in [7, 11) is 0. The van der Waals surface area contributed by atoms with Gasteiger partial charge in [-0.25, -0.2) is 8.78 Å². The molecule has 9 heteroatoms. The van der Waals surface area contributed by atoms with Crippen molar-refractivity contribution in [3.05, 3.63) is 81.5 Å². The second-order valence-electron chi connectivity index (χ2n) is 5.71. The first-order valence-corrected chi connectivity index (χ1v) is 8.74. The summed E-state index contributed by atoms with van der Waals surface area (Å²) >= 11 is 1.10. The summed E-state index contributed by atoms with van der Waals surface area (Å²) in [6, 6.07) is 8.52. The zero-order valence-corrected chi connectivity index (χ0v) is 14.8. The van der Waals surface area contributed by atoms with Crippen molar-refractivity contribution in [2.24, 2.45) is 0 Å². The lowest BCUT2D eigenvalue weighted by molar-refractivity contribution is -0.137. The van der Waals surface area contributed by atoms with Crippen LogP contribution < -0.4 is 10.1 Å². The van der Waals surface area contributed by atoms with E-state index in [9.17, 15) is 26.7 Å². The van der Waals surface area contributed by atoms with Crippen molar-refractivity contribution in [2.45, 2.75) is 12.8 Å². The molecule has 0 saturated heterocycles. The highest BCUT2D eigenvalue weighted by Gasteiger charge is 2.30. The Kier molecular flexibility index (Phi) is 5.64. The smallest absolute Gasteiger partial charge is 0.416 e. The number of anilines is 1. The fourth-order valence-corrected chi connectivity index (χ4v) is 3.05. The van der Waals surface area contributed by atoms with Crippen LogP contribution in [0, 0.1) is 11.6 Å². The second kappa shape index (κ2) is 7.97. The summed E-state index contributed by atoms with van der Waals surface area (Å²) in [5.41, 5.74) is -0.00189. The molecule has 1 N–H and O–H groups in total. The van der Waals surface area contributed by atoms with Gasteiger partial charge in [0.2, 0.25) is 0 Å². The number of benzene rings is 2. The molecular weight excluding hydrogens is 401 g/mol. The lowest BCUT2D eigenvalue weighted by Gasteiger charge is -2.08. The third kappa shape index (κ3) is 4.86. The molecule has 3 nitrogen and oxygen atoms in total. The van der Waals surface area contributed by atoms with Crippen LogP contribution in [0.3, 0.4) is 0 Å². The Balaban J connectivity index is 1.60. The van der Waals surface area contributed by atoms with Crippen molar-refractivity contribution in [3.63, 3.8) is 0 Å². The molecule has 2 aromatic carbocycles.